The molecule has 2 heteroatoms. The number of hydrogen-bond donors (Lipinski definition) is 0. The molecular formula is C6H10BrF. The van der Waals surface area contributed by atoms with Gasteiger partial charge in [0.15, 0.2) is 0 Å². The number of hydrogen-bond acceptors (Lipinski definition) is 0. The topological polar surface area (TPSA) is 0 Å². The van der Waals surface area contributed by atoms with E-state index in [1.807, 2.05) is 0 Å². The van der Waals surface area contributed by atoms with Crippen LogP contribution in [0.5, 0.6) is 0 Å². The van der Waals surface area contributed by atoms with Crippen molar-refractivity contribution in [2.75, 3.05) is 5.33 Å². The maximum Gasteiger partial charge on any atom is 0.101 e. The number of halogens is 2. The molecule has 1 saturated carbocycles. The van der Waals surface area contributed by atoms with E-state index >= 15 is 0 Å². The highest BCUT2D eigenvalue weighted by Crippen LogP contribution is 2.32. The first-order valence-electron chi connectivity index (χ1n) is 3.03. The number of rotatable bonds is 2. The van der Waals surface area contributed by atoms with Gasteiger partial charge < -0.3 is 0 Å². The lowest BCUT2D eigenvalue weighted by Gasteiger charge is -2.28. The lowest BCUT2D eigenvalue weighted by atomic mass is 9.82. The number of alkyl halides is 2. The molecule has 0 N–H and O–H groups in total. The van der Waals surface area contributed by atoms with Crippen molar-refractivity contribution in [3.05, 3.63) is 0 Å². The van der Waals surface area contributed by atoms with Gasteiger partial charge in [-0.25, -0.2) is 4.39 Å². The highest BCUT2D eigenvalue weighted by atomic mass is 79.9. The molecule has 0 bridgehead atoms. The van der Waals surface area contributed by atoms with Crippen LogP contribution in [0.2, 0.25) is 0 Å². The Hall–Kier alpha value is 0.410. The summed E-state index contributed by atoms with van der Waals surface area (Å²) in [4.78, 5) is 0. The van der Waals surface area contributed by atoms with Gasteiger partial charge in [-0.05, 0) is 25.2 Å². The molecule has 1 aliphatic rings. The Morgan fingerprint density at radius 3 is 2.50 bits per heavy atom. The minimum Gasteiger partial charge on any atom is -0.247 e. The van der Waals surface area contributed by atoms with E-state index in [4.69, 9.17) is 0 Å². The predicted molar refractivity (Wildman–Crippen MR) is 36.0 cm³/mol. The smallest absolute Gasteiger partial charge is 0.101 e. The zero-order valence-electron chi connectivity index (χ0n) is 4.74. The van der Waals surface area contributed by atoms with Crippen LogP contribution >= 0.6 is 15.9 Å². The Kier molecular flexibility index (Phi) is 2.29. The van der Waals surface area contributed by atoms with Crippen molar-refractivity contribution in [1.29, 1.82) is 0 Å². The van der Waals surface area contributed by atoms with Gasteiger partial charge in [0.2, 0.25) is 0 Å². The lowest BCUT2D eigenvalue weighted by Crippen LogP contribution is -2.24. The maximum atomic E-state index is 12.1. The zero-order chi connectivity index (χ0) is 5.98. The van der Waals surface area contributed by atoms with E-state index in [1.165, 1.54) is 0 Å². The molecule has 0 amide bonds. The molecule has 0 unspecified atom stereocenters. The van der Waals surface area contributed by atoms with Crippen molar-refractivity contribution in [2.24, 2.45) is 5.92 Å². The van der Waals surface area contributed by atoms with Gasteiger partial charge in [0, 0.05) is 5.33 Å². The minimum atomic E-state index is -0.473. The van der Waals surface area contributed by atoms with Crippen LogP contribution in [0, 0.1) is 5.92 Å². The third-order valence-corrected chi connectivity index (χ3v) is 2.15. The summed E-state index contributed by atoms with van der Waals surface area (Å²) in [5.41, 5.74) is 0. The average Bonchev–Trinajstić information content (AvgIpc) is 1.64. The van der Waals surface area contributed by atoms with Gasteiger partial charge in [0.05, 0.1) is 0 Å². The molecule has 48 valence electrons. The van der Waals surface area contributed by atoms with Gasteiger partial charge in [0.1, 0.15) is 6.17 Å². The van der Waals surface area contributed by atoms with E-state index < -0.39 is 6.17 Å². The Balaban J connectivity index is 1.98. The zero-order valence-corrected chi connectivity index (χ0v) is 6.33. The second-order valence-electron chi connectivity index (χ2n) is 2.41. The van der Waals surface area contributed by atoms with Crippen LogP contribution in [0.25, 0.3) is 0 Å². The van der Waals surface area contributed by atoms with E-state index in [-0.39, 0.29) is 0 Å². The molecule has 0 spiro atoms. The van der Waals surface area contributed by atoms with Crippen LogP contribution in [0.3, 0.4) is 0 Å². The van der Waals surface area contributed by atoms with E-state index in [9.17, 15) is 4.39 Å². The van der Waals surface area contributed by atoms with Gasteiger partial charge in [-0.15, -0.1) is 0 Å². The Morgan fingerprint density at radius 2 is 2.12 bits per heavy atom. The van der Waals surface area contributed by atoms with Crippen LogP contribution in [0.15, 0.2) is 0 Å². The van der Waals surface area contributed by atoms with Gasteiger partial charge >= 0.3 is 0 Å². The van der Waals surface area contributed by atoms with Crippen molar-refractivity contribution in [1.82, 2.24) is 0 Å². The first-order chi connectivity index (χ1) is 3.83. The average molecular weight is 181 g/mol. The molecule has 0 aromatic carbocycles. The van der Waals surface area contributed by atoms with Crippen molar-refractivity contribution in [2.45, 2.75) is 25.4 Å². The van der Waals surface area contributed by atoms with Crippen LogP contribution < -0.4 is 0 Å². The predicted octanol–water partition coefficient (Wildman–Crippen LogP) is 2.52. The molecule has 0 aromatic rings. The molecule has 1 aliphatic carbocycles. The highest BCUT2D eigenvalue weighted by Gasteiger charge is 2.27. The molecular weight excluding hydrogens is 171 g/mol. The second kappa shape index (κ2) is 2.81. The minimum absolute atomic E-state index is 0.473. The summed E-state index contributed by atoms with van der Waals surface area (Å²) in [6, 6.07) is 0. The van der Waals surface area contributed by atoms with Crippen LogP contribution in [-0.4, -0.2) is 11.5 Å². The summed E-state index contributed by atoms with van der Waals surface area (Å²) in [7, 11) is 0. The summed E-state index contributed by atoms with van der Waals surface area (Å²) in [6.07, 6.45) is 2.30. The summed E-state index contributed by atoms with van der Waals surface area (Å²) < 4.78 is 12.1. The first-order valence-corrected chi connectivity index (χ1v) is 4.15. The van der Waals surface area contributed by atoms with Crippen molar-refractivity contribution < 1.29 is 4.39 Å². The first kappa shape index (κ1) is 6.53. The fraction of sp³-hybridized carbons (Fsp3) is 1.00. The van der Waals surface area contributed by atoms with E-state index in [2.05, 4.69) is 15.9 Å². The summed E-state index contributed by atoms with van der Waals surface area (Å²) in [5.74, 6) is 0.685. The molecule has 0 aliphatic heterocycles. The summed E-state index contributed by atoms with van der Waals surface area (Å²) >= 11 is 3.32. The maximum absolute atomic E-state index is 12.1. The highest BCUT2D eigenvalue weighted by molar-refractivity contribution is 9.09. The van der Waals surface area contributed by atoms with Gasteiger partial charge in [-0.3, -0.25) is 0 Å². The van der Waals surface area contributed by atoms with E-state index in [1.54, 1.807) is 0 Å². The molecule has 0 radical (unpaired) electrons. The fourth-order valence-electron chi connectivity index (χ4n) is 1.04. The largest absolute Gasteiger partial charge is 0.247 e. The third-order valence-electron chi connectivity index (χ3n) is 1.70. The van der Waals surface area contributed by atoms with E-state index in [0.717, 1.165) is 24.6 Å². The molecule has 1 rings (SSSR count). The monoisotopic (exact) mass is 180 g/mol. The standard InChI is InChI=1S/C6H10BrF/c7-2-1-5-3-6(8)4-5/h5-6H,1-4H2. The van der Waals surface area contributed by atoms with Gasteiger partial charge in [0.25, 0.3) is 0 Å². The molecule has 0 nitrogen and oxygen atoms in total. The molecule has 8 heavy (non-hydrogen) atoms. The molecule has 0 atom stereocenters. The second-order valence-corrected chi connectivity index (χ2v) is 3.21. The van der Waals surface area contributed by atoms with Gasteiger partial charge in [-0.2, -0.15) is 0 Å². The SMILES string of the molecule is FC1CC(CCBr)C1. The molecule has 0 heterocycles. The third kappa shape index (κ3) is 1.44. The Bertz CT molecular complexity index is 66.2. The van der Waals surface area contributed by atoms with Crippen molar-refractivity contribution in [3.63, 3.8) is 0 Å². The molecule has 0 saturated heterocycles. The van der Waals surface area contributed by atoms with Gasteiger partial charge in [-0.1, -0.05) is 15.9 Å². The fourth-order valence-corrected chi connectivity index (χ4v) is 1.69. The Morgan fingerprint density at radius 1 is 1.50 bits per heavy atom. The molecule has 1 fully saturated rings. The lowest BCUT2D eigenvalue weighted by molar-refractivity contribution is 0.129. The summed E-state index contributed by atoms with van der Waals surface area (Å²) in [5, 5.41) is 1.03. The van der Waals surface area contributed by atoms with Crippen LogP contribution in [-0.2, 0) is 0 Å². The normalized spacial score (nSPS) is 36.8. The quantitative estimate of drug-likeness (QED) is 0.574. The van der Waals surface area contributed by atoms with Crippen LogP contribution in [0.1, 0.15) is 19.3 Å². The van der Waals surface area contributed by atoms with Crippen molar-refractivity contribution in [3.8, 4) is 0 Å². The van der Waals surface area contributed by atoms with Crippen molar-refractivity contribution >= 4 is 15.9 Å². The van der Waals surface area contributed by atoms with Crippen LogP contribution in [0.4, 0.5) is 4.39 Å². The summed E-state index contributed by atoms with van der Waals surface area (Å²) in [6.45, 7) is 0. The van der Waals surface area contributed by atoms with E-state index in [0.29, 0.717) is 5.92 Å². The molecule has 0 aromatic heterocycles. The Labute approximate surface area is 57.6 Å².